The van der Waals surface area contributed by atoms with Crippen molar-refractivity contribution in [3.63, 3.8) is 0 Å². The first-order valence-corrected chi connectivity index (χ1v) is 5.58. The van der Waals surface area contributed by atoms with Crippen molar-refractivity contribution < 1.29 is 9.53 Å². The number of hydrogen-bond donors (Lipinski definition) is 1. The molecule has 1 aromatic rings. The zero-order valence-corrected chi connectivity index (χ0v) is 10.1. The standard InChI is InChI=1S/C13H16N2O2/c1-3-17-12-6-4-11(5-7-12)13(16)15-10(2)8-9-14/h4-7,10H,3,8H2,1-2H3,(H,15,16). The van der Waals surface area contributed by atoms with E-state index in [1.54, 1.807) is 31.2 Å². The van der Waals surface area contributed by atoms with E-state index in [1.807, 2.05) is 13.0 Å². The summed E-state index contributed by atoms with van der Waals surface area (Å²) in [5.74, 6) is 0.574. The molecule has 0 heterocycles. The zero-order valence-electron chi connectivity index (χ0n) is 10.1. The minimum absolute atomic E-state index is 0.140. The molecule has 1 rings (SSSR count). The van der Waals surface area contributed by atoms with Crippen molar-refractivity contribution in [2.45, 2.75) is 26.3 Å². The summed E-state index contributed by atoms with van der Waals surface area (Å²) in [5.41, 5.74) is 0.568. The Balaban J connectivity index is 2.61. The lowest BCUT2D eigenvalue weighted by atomic mass is 10.2. The molecule has 0 saturated carbocycles. The first-order valence-electron chi connectivity index (χ1n) is 5.58. The largest absolute Gasteiger partial charge is 0.494 e. The van der Waals surface area contributed by atoms with Crippen LogP contribution in [0.15, 0.2) is 24.3 Å². The third-order valence-electron chi connectivity index (χ3n) is 2.20. The van der Waals surface area contributed by atoms with Crippen LogP contribution in [0, 0.1) is 11.3 Å². The molecule has 1 amide bonds. The second kappa shape index (κ2) is 6.54. The number of nitriles is 1. The number of nitrogens with zero attached hydrogens (tertiary/aromatic N) is 1. The fourth-order valence-corrected chi connectivity index (χ4v) is 1.36. The molecule has 0 aliphatic heterocycles. The Labute approximate surface area is 101 Å². The number of hydrogen-bond acceptors (Lipinski definition) is 3. The van der Waals surface area contributed by atoms with Crippen LogP contribution in [0.1, 0.15) is 30.6 Å². The number of amides is 1. The highest BCUT2D eigenvalue weighted by atomic mass is 16.5. The molecule has 17 heavy (non-hydrogen) atoms. The molecular formula is C13H16N2O2. The monoisotopic (exact) mass is 232 g/mol. The van der Waals surface area contributed by atoms with Crippen molar-refractivity contribution in [2.24, 2.45) is 0 Å². The van der Waals surface area contributed by atoms with Gasteiger partial charge < -0.3 is 10.1 Å². The van der Waals surface area contributed by atoms with Crippen LogP contribution >= 0.6 is 0 Å². The maximum Gasteiger partial charge on any atom is 0.251 e. The number of ether oxygens (including phenoxy) is 1. The summed E-state index contributed by atoms with van der Waals surface area (Å²) < 4.78 is 5.29. The van der Waals surface area contributed by atoms with Crippen LogP contribution in [-0.4, -0.2) is 18.6 Å². The number of rotatable bonds is 5. The maximum atomic E-state index is 11.7. The van der Waals surface area contributed by atoms with E-state index in [2.05, 4.69) is 5.32 Å². The quantitative estimate of drug-likeness (QED) is 0.845. The van der Waals surface area contributed by atoms with Gasteiger partial charge in [0.15, 0.2) is 0 Å². The van der Waals surface area contributed by atoms with Crippen LogP contribution in [0.3, 0.4) is 0 Å². The van der Waals surface area contributed by atoms with Crippen LogP contribution in [0.2, 0.25) is 0 Å². The van der Waals surface area contributed by atoms with Gasteiger partial charge in [-0.1, -0.05) is 0 Å². The van der Waals surface area contributed by atoms with Gasteiger partial charge in [-0.3, -0.25) is 4.79 Å². The Bertz CT molecular complexity index is 406. The Morgan fingerprint density at radius 1 is 1.47 bits per heavy atom. The van der Waals surface area contributed by atoms with Gasteiger partial charge in [-0.2, -0.15) is 5.26 Å². The molecule has 4 heteroatoms. The maximum absolute atomic E-state index is 11.7. The predicted octanol–water partition coefficient (Wildman–Crippen LogP) is 2.12. The third-order valence-corrected chi connectivity index (χ3v) is 2.20. The number of benzene rings is 1. The van der Waals surface area contributed by atoms with E-state index in [-0.39, 0.29) is 11.9 Å². The first-order chi connectivity index (χ1) is 8.17. The third kappa shape index (κ3) is 4.15. The Kier molecular flexibility index (Phi) is 5.02. The number of nitrogens with one attached hydrogen (secondary N) is 1. The van der Waals surface area contributed by atoms with Gasteiger partial charge in [0.05, 0.1) is 19.1 Å². The van der Waals surface area contributed by atoms with Gasteiger partial charge in [-0.15, -0.1) is 0 Å². The lowest BCUT2D eigenvalue weighted by Crippen LogP contribution is -2.32. The lowest BCUT2D eigenvalue weighted by molar-refractivity contribution is 0.0941. The molecule has 4 nitrogen and oxygen atoms in total. The molecule has 0 aliphatic carbocycles. The van der Waals surface area contributed by atoms with Crippen LogP contribution in [0.5, 0.6) is 5.75 Å². The highest BCUT2D eigenvalue weighted by molar-refractivity contribution is 5.94. The van der Waals surface area contributed by atoms with E-state index >= 15 is 0 Å². The number of carbonyl (C=O) groups excluding carboxylic acids is 1. The molecule has 0 saturated heterocycles. The van der Waals surface area contributed by atoms with Gasteiger partial charge in [0.25, 0.3) is 5.91 Å². The van der Waals surface area contributed by atoms with Crippen LogP contribution < -0.4 is 10.1 Å². The van der Waals surface area contributed by atoms with Crippen LogP contribution in [-0.2, 0) is 0 Å². The molecule has 0 spiro atoms. The molecular weight excluding hydrogens is 216 g/mol. The Morgan fingerprint density at radius 3 is 2.65 bits per heavy atom. The van der Waals surface area contributed by atoms with Crippen molar-refractivity contribution in [1.82, 2.24) is 5.32 Å². The molecule has 1 atom stereocenters. The molecule has 0 fully saturated rings. The van der Waals surface area contributed by atoms with E-state index in [9.17, 15) is 4.79 Å². The fourth-order valence-electron chi connectivity index (χ4n) is 1.36. The summed E-state index contributed by atoms with van der Waals surface area (Å²) in [6.07, 6.45) is 0.308. The predicted molar refractivity (Wildman–Crippen MR) is 64.8 cm³/mol. The molecule has 0 aliphatic rings. The second-order valence-corrected chi connectivity index (χ2v) is 3.69. The Morgan fingerprint density at radius 2 is 2.12 bits per heavy atom. The molecule has 0 bridgehead atoms. The minimum Gasteiger partial charge on any atom is -0.494 e. The summed E-state index contributed by atoms with van der Waals surface area (Å²) in [7, 11) is 0. The van der Waals surface area contributed by atoms with Crippen molar-refractivity contribution in [1.29, 1.82) is 5.26 Å². The van der Waals surface area contributed by atoms with Crippen molar-refractivity contribution in [3.8, 4) is 11.8 Å². The second-order valence-electron chi connectivity index (χ2n) is 3.69. The molecule has 1 N–H and O–H groups in total. The zero-order chi connectivity index (χ0) is 12.7. The number of carbonyl (C=O) groups is 1. The summed E-state index contributed by atoms with van der Waals surface area (Å²) >= 11 is 0. The SMILES string of the molecule is CCOc1ccc(C(=O)NC(C)CC#N)cc1. The highest BCUT2D eigenvalue weighted by Crippen LogP contribution is 2.12. The van der Waals surface area contributed by atoms with E-state index in [0.29, 0.717) is 18.6 Å². The molecule has 1 unspecified atom stereocenters. The van der Waals surface area contributed by atoms with E-state index < -0.39 is 0 Å². The highest BCUT2D eigenvalue weighted by Gasteiger charge is 2.09. The van der Waals surface area contributed by atoms with Gasteiger partial charge in [-0.25, -0.2) is 0 Å². The van der Waals surface area contributed by atoms with Crippen molar-refractivity contribution in [3.05, 3.63) is 29.8 Å². The van der Waals surface area contributed by atoms with Crippen LogP contribution in [0.4, 0.5) is 0 Å². The molecule has 1 aromatic carbocycles. The summed E-state index contributed by atoms with van der Waals surface area (Å²) in [6, 6.07) is 8.81. The van der Waals surface area contributed by atoms with Gasteiger partial charge in [-0.05, 0) is 38.1 Å². The first kappa shape index (κ1) is 13.0. The van der Waals surface area contributed by atoms with Crippen molar-refractivity contribution in [2.75, 3.05) is 6.61 Å². The van der Waals surface area contributed by atoms with Gasteiger partial charge in [0.1, 0.15) is 5.75 Å². The summed E-state index contributed by atoms with van der Waals surface area (Å²) in [5, 5.41) is 11.2. The van der Waals surface area contributed by atoms with Gasteiger partial charge in [0.2, 0.25) is 0 Å². The lowest BCUT2D eigenvalue weighted by Gasteiger charge is -2.10. The smallest absolute Gasteiger partial charge is 0.251 e. The normalized spacial score (nSPS) is 11.4. The molecule has 0 aromatic heterocycles. The van der Waals surface area contributed by atoms with E-state index in [1.165, 1.54) is 0 Å². The summed E-state index contributed by atoms with van der Waals surface area (Å²) in [4.78, 5) is 11.7. The van der Waals surface area contributed by atoms with Gasteiger partial charge >= 0.3 is 0 Å². The average Bonchev–Trinajstić information content (AvgIpc) is 2.30. The van der Waals surface area contributed by atoms with Gasteiger partial charge in [0, 0.05) is 11.6 Å². The summed E-state index contributed by atoms with van der Waals surface area (Å²) in [6.45, 7) is 4.31. The average molecular weight is 232 g/mol. The molecule has 90 valence electrons. The van der Waals surface area contributed by atoms with Crippen LogP contribution in [0.25, 0.3) is 0 Å². The minimum atomic E-state index is -0.171. The van der Waals surface area contributed by atoms with Crippen molar-refractivity contribution >= 4 is 5.91 Å². The Hall–Kier alpha value is -2.02. The topological polar surface area (TPSA) is 62.1 Å². The molecule has 0 radical (unpaired) electrons. The van der Waals surface area contributed by atoms with E-state index in [4.69, 9.17) is 10.00 Å². The fraction of sp³-hybridized carbons (Fsp3) is 0.385. The van der Waals surface area contributed by atoms with E-state index in [0.717, 1.165) is 5.75 Å².